The van der Waals surface area contributed by atoms with Crippen molar-refractivity contribution in [3.05, 3.63) is 60.7 Å². The molecule has 0 N–H and O–H groups in total. The van der Waals surface area contributed by atoms with Crippen LogP contribution in [-0.2, 0) is 0 Å². The minimum atomic E-state index is -0.507. The molecule has 0 fully saturated rings. The largest absolute Gasteiger partial charge is 0.278 e. The zero-order valence-electron chi connectivity index (χ0n) is 11.3. The molecule has 98 valence electrons. The number of rotatable bonds is 4. The lowest BCUT2D eigenvalue weighted by molar-refractivity contribution is 1.14. The van der Waals surface area contributed by atoms with E-state index in [1.54, 1.807) is 11.8 Å². The number of benzene rings is 2. The first kappa shape index (κ1) is 14.3. The zero-order chi connectivity index (χ0) is 13.5. The van der Waals surface area contributed by atoms with Crippen LogP contribution in [0.5, 0.6) is 0 Å². The normalized spacial score (nSPS) is 11.8. The maximum absolute atomic E-state index is 4.70. The molecule has 2 rings (SSSR count). The molecule has 0 saturated carbocycles. The molecule has 0 aromatic heterocycles. The molecule has 3 heteroatoms. The van der Waals surface area contributed by atoms with Crippen LogP contribution >= 0.6 is 19.7 Å². The molecule has 0 heterocycles. The summed E-state index contributed by atoms with van der Waals surface area (Å²) in [6.07, 6.45) is 2.12. The van der Waals surface area contributed by atoms with Gasteiger partial charge in [-0.15, -0.1) is 11.8 Å². The van der Waals surface area contributed by atoms with Gasteiger partial charge >= 0.3 is 0 Å². The van der Waals surface area contributed by atoms with E-state index in [-0.39, 0.29) is 0 Å². The van der Waals surface area contributed by atoms with Gasteiger partial charge in [-0.3, -0.25) is 4.99 Å². The fraction of sp³-hybridized carbons (Fsp3) is 0.188. The third kappa shape index (κ3) is 3.68. The average Bonchev–Trinajstić information content (AvgIpc) is 2.49. The smallest absolute Gasteiger partial charge is 0.0988 e. The van der Waals surface area contributed by atoms with Crippen LogP contribution in [-0.4, -0.2) is 17.6 Å². The van der Waals surface area contributed by atoms with Gasteiger partial charge in [0.2, 0.25) is 0 Å². The second kappa shape index (κ2) is 7.47. The van der Waals surface area contributed by atoms with Crippen LogP contribution in [0.25, 0.3) is 0 Å². The van der Waals surface area contributed by atoms with E-state index in [4.69, 9.17) is 4.99 Å². The highest BCUT2D eigenvalue weighted by molar-refractivity contribution is 8.28. The predicted octanol–water partition coefficient (Wildman–Crippen LogP) is 3.86. The van der Waals surface area contributed by atoms with Gasteiger partial charge in [-0.2, -0.15) is 0 Å². The Morgan fingerprint density at radius 2 is 1.42 bits per heavy atom. The molecule has 0 bridgehead atoms. The Balaban J connectivity index is 2.48. The lowest BCUT2D eigenvalue weighted by Crippen LogP contribution is -2.16. The number of nitrogens with zero attached hydrogens (tertiary/aromatic N) is 1. The second-order valence-corrected chi connectivity index (χ2v) is 7.19. The number of hydrogen-bond donors (Lipinski definition) is 0. The highest BCUT2D eigenvalue weighted by atomic mass is 32.2. The first-order valence-electron chi connectivity index (χ1n) is 6.35. The van der Waals surface area contributed by atoms with E-state index < -0.39 is 7.92 Å². The Kier molecular flexibility index (Phi) is 5.62. The van der Waals surface area contributed by atoms with Gasteiger partial charge in [-0.05, 0) is 23.8 Å². The van der Waals surface area contributed by atoms with Gasteiger partial charge in [0.15, 0.2) is 0 Å². The molecular formula is C16H18NPS. The van der Waals surface area contributed by atoms with Crippen LogP contribution in [0.3, 0.4) is 0 Å². The van der Waals surface area contributed by atoms with E-state index in [2.05, 4.69) is 73.8 Å². The number of aliphatic imine (C=N–C) groups is 1. The maximum atomic E-state index is 4.70. The van der Waals surface area contributed by atoms with Crippen LogP contribution in [0.1, 0.15) is 6.92 Å². The molecule has 0 aliphatic heterocycles. The topological polar surface area (TPSA) is 12.4 Å². The van der Waals surface area contributed by atoms with Gasteiger partial charge in [0, 0.05) is 14.5 Å². The summed E-state index contributed by atoms with van der Waals surface area (Å²) in [7, 11) is -0.507. The Hall–Kier alpha value is -1.11. The van der Waals surface area contributed by atoms with Crippen molar-refractivity contribution in [2.24, 2.45) is 4.99 Å². The van der Waals surface area contributed by atoms with Crippen molar-refractivity contribution in [1.29, 1.82) is 0 Å². The molecular weight excluding hydrogens is 269 g/mol. The van der Waals surface area contributed by atoms with Crippen LogP contribution in [0, 0.1) is 0 Å². The summed E-state index contributed by atoms with van der Waals surface area (Å²) in [5, 5.41) is 2.73. The average molecular weight is 287 g/mol. The Bertz CT molecular complexity index is 485. The van der Waals surface area contributed by atoms with Crippen LogP contribution in [0.4, 0.5) is 0 Å². The highest BCUT2D eigenvalue weighted by Gasteiger charge is 2.19. The van der Waals surface area contributed by atoms with E-state index in [9.17, 15) is 0 Å². The van der Waals surface area contributed by atoms with Gasteiger partial charge in [0.1, 0.15) is 0 Å². The van der Waals surface area contributed by atoms with Crippen molar-refractivity contribution >= 4 is 35.1 Å². The summed E-state index contributed by atoms with van der Waals surface area (Å²) in [6.45, 7) is 2.94. The third-order valence-corrected chi connectivity index (χ3v) is 6.44. The highest BCUT2D eigenvalue weighted by Crippen LogP contribution is 2.39. The Morgan fingerprint density at radius 3 is 1.79 bits per heavy atom. The van der Waals surface area contributed by atoms with Gasteiger partial charge < -0.3 is 0 Å². The molecule has 0 aliphatic carbocycles. The molecule has 0 radical (unpaired) electrons. The third-order valence-electron chi connectivity index (χ3n) is 2.70. The standard InChI is InChI=1S/C16H18NPS/c1-3-17-16(19-2)18(14-10-6-4-7-11-14)15-12-8-5-9-13-15/h4-13H,3H2,1-2H3/b17-16-. The fourth-order valence-corrected chi connectivity index (χ4v) is 5.47. The maximum Gasteiger partial charge on any atom is 0.0988 e. The lowest BCUT2D eigenvalue weighted by Gasteiger charge is -2.19. The van der Waals surface area contributed by atoms with E-state index in [0.717, 1.165) is 6.54 Å². The molecule has 2 aromatic rings. The molecule has 19 heavy (non-hydrogen) atoms. The second-order valence-electron chi connectivity index (χ2n) is 3.97. The van der Waals surface area contributed by atoms with E-state index in [1.165, 1.54) is 15.4 Å². The molecule has 0 unspecified atom stereocenters. The summed E-state index contributed by atoms with van der Waals surface area (Å²) < 4.78 is 0. The fourth-order valence-electron chi connectivity index (χ4n) is 1.89. The summed E-state index contributed by atoms with van der Waals surface area (Å²) in [6, 6.07) is 21.4. The summed E-state index contributed by atoms with van der Waals surface area (Å²) in [5.74, 6) is 0. The summed E-state index contributed by atoms with van der Waals surface area (Å²) in [4.78, 5) is 5.95. The van der Waals surface area contributed by atoms with Crippen molar-refractivity contribution in [2.45, 2.75) is 6.92 Å². The van der Waals surface area contributed by atoms with Crippen LogP contribution in [0.2, 0.25) is 0 Å². The molecule has 0 spiro atoms. The Labute approximate surface area is 120 Å². The molecule has 0 atom stereocenters. The number of thioether (sulfide) groups is 1. The van der Waals surface area contributed by atoms with Gasteiger partial charge in [-0.25, -0.2) is 0 Å². The quantitative estimate of drug-likeness (QED) is 0.472. The van der Waals surface area contributed by atoms with E-state index in [1.807, 2.05) is 0 Å². The first-order chi connectivity index (χ1) is 9.36. The van der Waals surface area contributed by atoms with Gasteiger partial charge in [0.25, 0.3) is 0 Å². The van der Waals surface area contributed by atoms with Crippen molar-refractivity contribution in [2.75, 3.05) is 12.8 Å². The molecule has 0 amide bonds. The number of hydrogen-bond acceptors (Lipinski definition) is 2. The minimum Gasteiger partial charge on any atom is -0.278 e. The Morgan fingerprint density at radius 1 is 0.947 bits per heavy atom. The molecule has 0 aliphatic rings. The van der Waals surface area contributed by atoms with Gasteiger partial charge in [0.05, 0.1) is 4.78 Å². The first-order valence-corrected chi connectivity index (χ1v) is 8.92. The van der Waals surface area contributed by atoms with Crippen LogP contribution < -0.4 is 10.6 Å². The van der Waals surface area contributed by atoms with Crippen molar-refractivity contribution < 1.29 is 0 Å². The van der Waals surface area contributed by atoms with Crippen molar-refractivity contribution in [3.8, 4) is 0 Å². The predicted molar refractivity (Wildman–Crippen MR) is 90.6 cm³/mol. The minimum absolute atomic E-state index is 0.507. The zero-order valence-corrected chi connectivity index (χ0v) is 13.0. The molecule has 0 saturated heterocycles. The van der Waals surface area contributed by atoms with E-state index in [0.29, 0.717) is 0 Å². The monoisotopic (exact) mass is 287 g/mol. The van der Waals surface area contributed by atoms with Crippen molar-refractivity contribution in [3.63, 3.8) is 0 Å². The van der Waals surface area contributed by atoms with Crippen LogP contribution in [0.15, 0.2) is 65.7 Å². The SMILES string of the molecule is CC/N=C(\SC)P(c1ccccc1)c1ccccc1. The summed E-state index contributed by atoms with van der Waals surface area (Å²) >= 11 is 1.77. The summed E-state index contributed by atoms with van der Waals surface area (Å²) in [5.41, 5.74) is 0. The van der Waals surface area contributed by atoms with E-state index >= 15 is 0 Å². The van der Waals surface area contributed by atoms with Crippen molar-refractivity contribution in [1.82, 2.24) is 0 Å². The van der Waals surface area contributed by atoms with Gasteiger partial charge in [-0.1, -0.05) is 60.7 Å². The molecule has 1 nitrogen and oxygen atoms in total. The molecule has 2 aromatic carbocycles. The lowest BCUT2D eigenvalue weighted by atomic mass is 10.4.